The van der Waals surface area contributed by atoms with Gasteiger partial charge in [-0.1, -0.05) is 12.8 Å². The molecule has 1 spiro atoms. The molecule has 1 heterocycles. The lowest BCUT2D eigenvalue weighted by molar-refractivity contribution is -0.120. The van der Waals surface area contributed by atoms with Crippen LogP contribution in [0, 0.1) is 5.41 Å². The Labute approximate surface area is 59.8 Å². The van der Waals surface area contributed by atoms with Gasteiger partial charge in [-0.3, -0.25) is 4.79 Å². The summed E-state index contributed by atoms with van der Waals surface area (Å²) in [7, 11) is 0. The molecule has 0 radical (unpaired) electrons. The van der Waals surface area contributed by atoms with Crippen LogP contribution in [-0.2, 0) is 4.79 Å². The van der Waals surface area contributed by atoms with E-state index >= 15 is 0 Å². The summed E-state index contributed by atoms with van der Waals surface area (Å²) in [6, 6.07) is 0. The molecule has 2 aliphatic rings. The van der Waals surface area contributed by atoms with Gasteiger partial charge in [0.05, 0.1) is 6.54 Å². The normalized spacial score (nSPS) is 31.9. The molecule has 3 heteroatoms. The zero-order chi connectivity index (χ0) is 6.48. The van der Waals surface area contributed by atoms with Crippen LogP contribution in [-0.4, -0.2) is 23.2 Å². The zero-order valence-corrected chi connectivity index (χ0v) is 6.03. The van der Waals surface area contributed by atoms with E-state index in [-0.39, 0.29) is 5.41 Å². The first-order chi connectivity index (χ1) is 4.23. The minimum Gasteiger partial charge on any atom is -0.298 e. The van der Waals surface area contributed by atoms with Crippen molar-refractivity contribution in [3.63, 3.8) is 0 Å². The van der Waals surface area contributed by atoms with E-state index in [2.05, 4.69) is 12.8 Å². The third-order valence-corrected chi connectivity index (χ3v) is 2.54. The first-order valence-corrected chi connectivity index (χ1v) is 3.60. The van der Waals surface area contributed by atoms with Crippen molar-refractivity contribution >= 4 is 18.6 Å². The Bertz CT molecular complexity index is 164. The van der Waals surface area contributed by atoms with Crippen molar-refractivity contribution in [2.75, 3.05) is 13.1 Å². The van der Waals surface area contributed by atoms with E-state index in [1.165, 1.54) is 0 Å². The van der Waals surface area contributed by atoms with Crippen molar-refractivity contribution in [2.24, 2.45) is 5.41 Å². The van der Waals surface area contributed by atoms with Gasteiger partial charge in [-0.25, -0.2) is 4.31 Å². The first kappa shape index (κ1) is 5.74. The van der Waals surface area contributed by atoms with Gasteiger partial charge in [0.1, 0.15) is 0 Å². The Kier molecular flexibility index (Phi) is 0.971. The molecule has 1 saturated heterocycles. The number of Topliss-reactive ketones (excluding diaryl/α,β-unsaturated/α-hetero) is 1. The summed E-state index contributed by atoms with van der Waals surface area (Å²) in [6.07, 6.45) is 2.20. The lowest BCUT2D eigenvalue weighted by Crippen LogP contribution is -2.10. The monoisotopic (exact) mass is 143 g/mol. The molecule has 0 aromatic rings. The van der Waals surface area contributed by atoms with E-state index in [4.69, 9.17) is 0 Å². The molecule has 9 heavy (non-hydrogen) atoms. The molecule has 0 aromatic heterocycles. The third-order valence-electron chi connectivity index (χ3n) is 2.26. The van der Waals surface area contributed by atoms with Crippen LogP contribution in [0.4, 0.5) is 0 Å². The second-order valence-corrected chi connectivity index (χ2v) is 3.59. The van der Waals surface area contributed by atoms with Crippen molar-refractivity contribution in [1.29, 1.82) is 0 Å². The van der Waals surface area contributed by atoms with Gasteiger partial charge in [-0.15, -0.1) is 0 Å². The van der Waals surface area contributed by atoms with E-state index in [1.807, 2.05) is 4.31 Å². The van der Waals surface area contributed by atoms with Gasteiger partial charge in [0, 0.05) is 12.0 Å². The van der Waals surface area contributed by atoms with Crippen LogP contribution >= 0.6 is 12.8 Å². The molecule has 0 amide bonds. The minimum absolute atomic E-state index is 0.0851. The number of carbonyl (C=O) groups is 1. The summed E-state index contributed by atoms with van der Waals surface area (Å²) < 4.78 is 1.81. The fourth-order valence-electron chi connectivity index (χ4n) is 1.41. The van der Waals surface area contributed by atoms with E-state index in [0.29, 0.717) is 12.3 Å². The Hall–Kier alpha value is -0.0200. The van der Waals surface area contributed by atoms with Crippen LogP contribution in [0.1, 0.15) is 12.8 Å². The maximum Gasteiger partial charge on any atom is 0.155 e. The van der Waals surface area contributed by atoms with E-state index in [0.717, 1.165) is 19.4 Å². The third kappa shape index (κ3) is 0.715. The molecule has 2 fully saturated rings. The number of hydrogen-bond acceptors (Lipinski definition) is 3. The number of thiol groups is 1. The number of carbonyl (C=O) groups excluding carboxylic acids is 1. The molecule has 0 atom stereocenters. The van der Waals surface area contributed by atoms with Crippen LogP contribution in [0.15, 0.2) is 0 Å². The summed E-state index contributed by atoms with van der Waals surface area (Å²) in [5, 5.41) is 0. The van der Waals surface area contributed by atoms with Gasteiger partial charge >= 0.3 is 0 Å². The highest BCUT2D eigenvalue weighted by molar-refractivity contribution is 7.77. The molecule has 1 saturated carbocycles. The molecular weight excluding hydrogens is 134 g/mol. The predicted molar refractivity (Wildman–Crippen MR) is 37.2 cm³/mol. The second kappa shape index (κ2) is 1.52. The van der Waals surface area contributed by atoms with E-state index in [1.54, 1.807) is 0 Å². The topological polar surface area (TPSA) is 20.3 Å². The fourth-order valence-corrected chi connectivity index (χ4v) is 1.81. The van der Waals surface area contributed by atoms with Crippen LogP contribution < -0.4 is 0 Å². The number of rotatable bonds is 0. The van der Waals surface area contributed by atoms with Crippen molar-refractivity contribution in [3.8, 4) is 0 Å². The van der Waals surface area contributed by atoms with Gasteiger partial charge in [0.25, 0.3) is 0 Å². The summed E-state index contributed by atoms with van der Waals surface area (Å²) in [4.78, 5) is 11.1. The van der Waals surface area contributed by atoms with Crippen molar-refractivity contribution in [1.82, 2.24) is 4.31 Å². The second-order valence-electron chi connectivity index (χ2n) is 3.03. The fraction of sp³-hybridized carbons (Fsp3) is 0.833. The molecular formula is C6H9NOS. The lowest BCUT2D eigenvalue weighted by Gasteiger charge is -2.02. The molecule has 0 bridgehead atoms. The van der Waals surface area contributed by atoms with Gasteiger partial charge < -0.3 is 0 Å². The Morgan fingerprint density at radius 1 is 1.56 bits per heavy atom. The average Bonchev–Trinajstić information content (AvgIpc) is 2.42. The Morgan fingerprint density at radius 3 is 2.44 bits per heavy atom. The molecule has 2 nitrogen and oxygen atoms in total. The number of nitrogens with zero attached hydrogens (tertiary/aromatic N) is 1. The lowest BCUT2D eigenvalue weighted by atomic mass is 10.1. The van der Waals surface area contributed by atoms with Gasteiger partial charge in [-0.2, -0.15) is 0 Å². The Balaban J connectivity index is 2.19. The average molecular weight is 143 g/mol. The summed E-state index contributed by atoms with van der Waals surface area (Å²) >= 11 is 4.12. The summed E-state index contributed by atoms with van der Waals surface area (Å²) in [5.74, 6) is 0.400. The zero-order valence-electron chi connectivity index (χ0n) is 5.13. The summed E-state index contributed by atoms with van der Waals surface area (Å²) in [5.41, 5.74) is 0.0851. The largest absolute Gasteiger partial charge is 0.298 e. The predicted octanol–water partition coefficient (Wildman–Crippen LogP) is 0.496. The smallest absolute Gasteiger partial charge is 0.155 e. The molecule has 1 aliphatic heterocycles. The maximum absolute atomic E-state index is 11.1. The van der Waals surface area contributed by atoms with E-state index in [9.17, 15) is 4.79 Å². The van der Waals surface area contributed by atoms with Crippen molar-refractivity contribution < 1.29 is 4.79 Å². The van der Waals surface area contributed by atoms with Crippen molar-refractivity contribution in [2.45, 2.75) is 12.8 Å². The van der Waals surface area contributed by atoms with Gasteiger partial charge in [-0.05, 0) is 12.8 Å². The first-order valence-electron chi connectivity index (χ1n) is 3.20. The molecule has 0 aromatic carbocycles. The molecule has 50 valence electrons. The van der Waals surface area contributed by atoms with Crippen LogP contribution in [0.5, 0.6) is 0 Å². The van der Waals surface area contributed by atoms with Gasteiger partial charge in [0.2, 0.25) is 0 Å². The highest BCUT2D eigenvalue weighted by Gasteiger charge is 2.54. The summed E-state index contributed by atoms with van der Waals surface area (Å²) in [6.45, 7) is 1.44. The molecule has 1 aliphatic carbocycles. The maximum atomic E-state index is 11.1. The highest BCUT2D eigenvalue weighted by Crippen LogP contribution is 2.50. The van der Waals surface area contributed by atoms with Crippen LogP contribution in [0.2, 0.25) is 0 Å². The van der Waals surface area contributed by atoms with Crippen LogP contribution in [0.25, 0.3) is 0 Å². The number of ketones is 1. The Morgan fingerprint density at radius 2 is 2.22 bits per heavy atom. The van der Waals surface area contributed by atoms with Crippen molar-refractivity contribution in [3.05, 3.63) is 0 Å². The quantitative estimate of drug-likeness (QED) is 0.498. The minimum atomic E-state index is 0.0851. The van der Waals surface area contributed by atoms with E-state index < -0.39 is 0 Å². The SMILES string of the molecule is O=C1CN(S)CC12CC2. The standard InChI is InChI=1S/C6H9NOS/c8-5-3-7(9)4-6(5)1-2-6/h9H,1-4H2. The van der Waals surface area contributed by atoms with Crippen LogP contribution in [0.3, 0.4) is 0 Å². The van der Waals surface area contributed by atoms with Gasteiger partial charge in [0.15, 0.2) is 5.78 Å². The molecule has 2 rings (SSSR count). The molecule has 0 unspecified atom stereocenters. The molecule has 0 N–H and O–H groups in total. The highest BCUT2D eigenvalue weighted by atomic mass is 32.1. The number of hydrogen-bond donors (Lipinski definition) is 1.